The normalized spacial score (nSPS) is 11.8. The molecule has 1 heterocycles. The van der Waals surface area contributed by atoms with E-state index in [-0.39, 0.29) is 6.07 Å². The van der Waals surface area contributed by atoms with E-state index in [0.29, 0.717) is 0 Å². The minimum Gasteiger partial charge on any atom is -0.469 e. The molecule has 9 heteroatoms. The fraction of sp³-hybridized carbons (Fsp3) is 0.455. The summed E-state index contributed by atoms with van der Waals surface area (Å²) in [7, 11) is 1.03. The summed E-state index contributed by atoms with van der Waals surface area (Å²) < 4.78 is 68.0. The van der Waals surface area contributed by atoms with Gasteiger partial charge >= 0.3 is 12.1 Å². The first-order valence-electron chi connectivity index (χ1n) is 5.35. The van der Waals surface area contributed by atoms with Crippen LogP contribution in [0.25, 0.3) is 0 Å². The predicted octanol–water partition coefficient (Wildman–Crippen LogP) is 2.21. The zero-order valence-corrected chi connectivity index (χ0v) is 10.3. The van der Waals surface area contributed by atoms with E-state index in [1.165, 1.54) is 0 Å². The molecule has 0 radical (unpaired) electrons. The Hall–Kier alpha value is -1.77. The van der Waals surface area contributed by atoms with Crippen LogP contribution < -0.4 is 5.73 Å². The van der Waals surface area contributed by atoms with E-state index in [2.05, 4.69) is 9.72 Å². The molecule has 0 saturated heterocycles. The summed E-state index contributed by atoms with van der Waals surface area (Å²) in [6.07, 6.45) is -8.70. The largest absolute Gasteiger partial charge is 0.469 e. The molecule has 1 aromatic rings. The van der Waals surface area contributed by atoms with Crippen molar-refractivity contribution in [1.29, 1.82) is 0 Å². The molecular formula is C11H11F5N2O2. The van der Waals surface area contributed by atoms with Gasteiger partial charge in [0.15, 0.2) is 0 Å². The molecule has 0 spiro atoms. The number of ether oxygens (including phenoxy) is 1. The van der Waals surface area contributed by atoms with Gasteiger partial charge in [0.1, 0.15) is 0 Å². The molecule has 4 nitrogen and oxygen atoms in total. The summed E-state index contributed by atoms with van der Waals surface area (Å²) in [6.45, 7) is -0.591. The lowest BCUT2D eigenvalue weighted by Crippen LogP contribution is -2.18. The number of carbonyl (C=O) groups is 1. The van der Waals surface area contributed by atoms with Gasteiger partial charge in [0, 0.05) is 12.1 Å². The highest BCUT2D eigenvalue weighted by Crippen LogP contribution is 2.35. The van der Waals surface area contributed by atoms with Crippen LogP contribution in [-0.4, -0.2) is 18.1 Å². The monoisotopic (exact) mass is 298 g/mol. The van der Waals surface area contributed by atoms with Crippen LogP contribution in [0.2, 0.25) is 0 Å². The number of aromatic nitrogens is 1. The number of hydrogen-bond donors (Lipinski definition) is 1. The molecule has 2 N–H and O–H groups in total. The van der Waals surface area contributed by atoms with Gasteiger partial charge in [-0.25, -0.2) is 8.78 Å². The van der Waals surface area contributed by atoms with Crippen molar-refractivity contribution >= 4 is 5.97 Å². The van der Waals surface area contributed by atoms with Gasteiger partial charge < -0.3 is 10.5 Å². The predicted molar refractivity (Wildman–Crippen MR) is 57.8 cm³/mol. The second kappa shape index (κ2) is 6.12. The van der Waals surface area contributed by atoms with E-state index in [0.717, 1.165) is 7.11 Å². The van der Waals surface area contributed by atoms with E-state index in [9.17, 15) is 26.7 Å². The highest BCUT2D eigenvalue weighted by Gasteiger charge is 2.36. The van der Waals surface area contributed by atoms with Crippen molar-refractivity contribution in [2.75, 3.05) is 7.11 Å². The Bertz CT molecular complexity index is 502. The van der Waals surface area contributed by atoms with E-state index < -0.39 is 54.1 Å². The number of hydrogen-bond acceptors (Lipinski definition) is 4. The minimum atomic E-state index is -4.85. The molecule has 0 atom stereocenters. The minimum absolute atomic E-state index is 0.276. The Morgan fingerprint density at radius 1 is 1.40 bits per heavy atom. The van der Waals surface area contributed by atoms with E-state index in [1.807, 2.05) is 0 Å². The summed E-state index contributed by atoms with van der Waals surface area (Å²) in [5, 5.41) is 0. The molecule has 1 aromatic heterocycles. The number of carbonyl (C=O) groups excluding carboxylic acids is 1. The Labute approximate surface area is 110 Å². The maximum Gasteiger partial charge on any atom is 0.418 e. The number of rotatable bonds is 4. The lowest BCUT2D eigenvalue weighted by molar-refractivity contribution is -0.139. The van der Waals surface area contributed by atoms with Gasteiger partial charge in [0.25, 0.3) is 6.43 Å². The van der Waals surface area contributed by atoms with Gasteiger partial charge in [0.2, 0.25) is 0 Å². The smallest absolute Gasteiger partial charge is 0.418 e. The average molecular weight is 298 g/mol. The molecule has 0 aliphatic carbocycles. The van der Waals surface area contributed by atoms with E-state index in [1.54, 1.807) is 0 Å². The molecule has 0 aliphatic rings. The lowest BCUT2D eigenvalue weighted by Gasteiger charge is -2.15. The summed E-state index contributed by atoms with van der Waals surface area (Å²) in [4.78, 5) is 14.5. The summed E-state index contributed by atoms with van der Waals surface area (Å²) in [5.74, 6) is -0.887. The molecule has 0 aromatic carbocycles. The maximum atomic E-state index is 12.8. The number of nitrogens with two attached hydrogens (primary N) is 1. The van der Waals surface area contributed by atoms with Crippen LogP contribution in [-0.2, 0) is 28.7 Å². The van der Waals surface area contributed by atoms with Crippen LogP contribution in [0.3, 0.4) is 0 Å². The first kappa shape index (κ1) is 16.3. The summed E-state index contributed by atoms with van der Waals surface area (Å²) in [6, 6.07) is 0.276. The number of pyridine rings is 1. The van der Waals surface area contributed by atoms with Gasteiger partial charge in [-0.15, -0.1) is 0 Å². The SMILES string of the molecule is COC(=O)Cc1nc(CN)c(C(F)(F)F)cc1C(F)F. The topological polar surface area (TPSA) is 65.2 Å². The summed E-state index contributed by atoms with van der Waals surface area (Å²) in [5.41, 5.74) is 1.78. The van der Waals surface area contributed by atoms with Crippen molar-refractivity contribution < 1.29 is 31.5 Å². The fourth-order valence-electron chi connectivity index (χ4n) is 1.55. The first-order valence-corrected chi connectivity index (χ1v) is 5.35. The fourth-order valence-corrected chi connectivity index (χ4v) is 1.55. The molecule has 1 rings (SSSR count). The van der Waals surface area contributed by atoms with Crippen molar-refractivity contribution in [3.63, 3.8) is 0 Å². The van der Waals surface area contributed by atoms with Gasteiger partial charge in [-0.3, -0.25) is 9.78 Å². The number of alkyl halides is 5. The molecule has 0 bridgehead atoms. The van der Waals surface area contributed by atoms with Crippen LogP contribution in [0.1, 0.15) is 28.9 Å². The zero-order chi connectivity index (χ0) is 15.5. The standard InChI is InChI=1S/C11H11F5N2O2/c1-20-9(19)3-7-5(10(12)13)2-6(11(14,15)16)8(4-17)18-7/h2,10H,3-4,17H2,1H3. The van der Waals surface area contributed by atoms with Crippen molar-refractivity contribution in [2.45, 2.75) is 25.6 Å². The van der Waals surface area contributed by atoms with Crippen molar-refractivity contribution in [2.24, 2.45) is 5.73 Å². The third-order valence-electron chi connectivity index (χ3n) is 2.49. The van der Waals surface area contributed by atoms with Crippen LogP contribution in [0, 0.1) is 0 Å². The van der Waals surface area contributed by atoms with E-state index >= 15 is 0 Å². The quantitative estimate of drug-likeness (QED) is 0.683. The van der Waals surface area contributed by atoms with Gasteiger partial charge in [-0.05, 0) is 6.07 Å². The molecule has 0 amide bonds. The molecule has 0 unspecified atom stereocenters. The van der Waals surface area contributed by atoms with Gasteiger partial charge in [0.05, 0.1) is 30.5 Å². The van der Waals surface area contributed by atoms with Crippen LogP contribution in [0.4, 0.5) is 22.0 Å². The van der Waals surface area contributed by atoms with Gasteiger partial charge in [-0.2, -0.15) is 13.2 Å². The van der Waals surface area contributed by atoms with E-state index in [4.69, 9.17) is 5.73 Å². The molecule has 0 aliphatic heterocycles. The van der Waals surface area contributed by atoms with Crippen LogP contribution in [0.5, 0.6) is 0 Å². The van der Waals surface area contributed by atoms with Crippen molar-refractivity contribution in [3.05, 3.63) is 28.6 Å². The molecule has 112 valence electrons. The van der Waals surface area contributed by atoms with Crippen LogP contribution in [0.15, 0.2) is 6.07 Å². The van der Waals surface area contributed by atoms with Crippen molar-refractivity contribution in [3.8, 4) is 0 Å². The maximum absolute atomic E-state index is 12.8. The third kappa shape index (κ3) is 3.62. The lowest BCUT2D eigenvalue weighted by atomic mass is 10.0. The number of nitrogens with zero attached hydrogens (tertiary/aromatic N) is 1. The van der Waals surface area contributed by atoms with Crippen molar-refractivity contribution in [1.82, 2.24) is 4.98 Å². The Morgan fingerprint density at radius 3 is 2.40 bits per heavy atom. The summed E-state index contributed by atoms with van der Waals surface area (Å²) >= 11 is 0. The highest BCUT2D eigenvalue weighted by atomic mass is 19.4. The Kier molecular flexibility index (Phi) is 4.98. The molecule has 0 saturated carbocycles. The van der Waals surface area contributed by atoms with Crippen LogP contribution >= 0.6 is 0 Å². The first-order chi connectivity index (χ1) is 9.20. The molecular weight excluding hydrogens is 287 g/mol. The number of esters is 1. The Balaban J connectivity index is 3.41. The molecule has 0 fully saturated rings. The second-order valence-corrected chi connectivity index (χ2v) is 3.77. The third-order valence-corrected chi connectivity index (χ3v) is 2.49. The average Bonchev–Trinajstić information content (AvgIpc) is 2.36. The number of methoxy groups -OCH3 is 1. The second-order valence-electron chi connectivity index (χ2n) is 3.77. The zero-order valence-electron chi connectivity index (χ0n) is 10.3. The molecule has 20 heavy (non-hydrogen) atoms. The highest BCUT2D eigenvalue weighted by molar-refractivity contribution is 5.72. The van der Waals surface area contributed by atoms with Gasteiger partial charge in [-0.1, -0.05) is 0 Å². The Morgan fingerprint density at radius 2 is 2.00 bits per heavy atom. The number of halogens is 5.